The Morgan fingerprint density at radius 2 is 1.95 bits per heavy atom. The molecule has 0 aliphatic carbocycles. The second kappa shape index (κ2) is 4.93. The Balaban J connectivity index is 2.09. The van der Waals surface area contributed by atoms with Gasteiger partial charge in [-0.2, -0.15) is 0 Å². The second-order valence-electron chi connectivity index (χ2n) is 4.59. The number of para-hydroxylation sites is 2. The molecule has 108 valence electrons. The number of fused-ring (bicyclic) bond motifs is 1. The SMILES string of the molecule is CCn1c(=O)n(Cc2cc(C(=O)O)no2)c2ccccc21. The maximum Gasteiger partial charge on any atom is 0.358 e. The zero-order valence-corrected chi connectivity index (χ0v) is 11.3. The molecule has 0 spiro atoms. The van der Waals surface area contributed by atoms with Crippen LogP contribution in [0.4, 0.5) is 0 Å². The lowest BCUT2D eigenvalue weighted by Gasteiger charge is -1.98. The normalized spacial score (nSPS) is 11.1. The highest BCUT2D eigenvalue weighted by Crippen LogP contribution is 2.15. The lowest BCUT2D eigenvalue weighted by molar-refractivity contribution is 0.0685. The standard InChI is InChI=1S/C14H13N3O4/c1-2-16-11-5-3-4-6-12(11)17(14(16)20)8-9-7-10(13(18)19)15-21-9/h3-7H,2,8H2,1H3,(H,18,19). The zero-order chi connectivity index (χ0) is 15.0. The van der Waals surface area contributed by atoms with Gasteiger partial charge < -0.3 is 9.63 Å². The summed E-state index contributed by atoms with van der Waals surface area (Å²) in [7, 11) is 0. The average Bonchev–Trinajstić information content (AvgIpc) is 3.04. The summed E-state index contributed by atoms with van der Waals surface area (Å²) in [6, 6.07) is 8.76. The smallest absolute Gasteiger partial charge is 0.358 e. The van der Waals surface area contributed by atoms with Crippen LogP contribution >= 0.6 is 0 Å². The average molecular weight is 287 g/mol. The van der Waals surface area contributed by atoms with E-state index in [-0.39, 0.29) is 17.9 Å². The number of rotatable bonds is 4. The molecule has 0 amide bonds. The van der Waals surface area contributed by atoms with Crippen molar-refractivity contribution in [3.63, 3.8) is 0 Å². The molecule has 3 aromatic rings. The molecule has 0 bridgehead atoms. The van der Waals surface area contributed by atoms with Crippen molar-refractivity contribution in [2.45, 2.75) is 20.0 Å². The molecule has 0 saturated carbocycles. The minimum Gasteiger partial charge on any atom is -0.476 e. The zero-order valence-electron chi connectivity index (χ0n) is 11.3. The van der Waals surface area contributed by atoms with Gasteiger partial charge in [0.05, 0.1) is 17.6 Å². The van der Waals surface area contributed by atoms with Crippen LogP contribution in [0.25, 0.3) is 11.0 Å². The van der Waals surface area contributed by atoms with Crippen LogP contribution in [0.15, 0.2) is 39.6 Å². The minimum absolute atomic E-state index is 0.145. The van der Waals surface area contributed by atoms with E-state index in [2.05, 4.69) is 5.16 Å². The summed E-state index contributed by atoms with van der Waals surface area (Å²) in [5, 5.41) is 12.3. The number of nitrogens with zero attached hydrogens (tertiary/aromatic N) is 3. The molecular weight excluding hydrogens is 274 g/mol. The van der Waals surface area contributed by atoms with Gasteiger partial charge in [-0.1, -0.05) is 17.3 Å². The van der Waals surface area contributed by atoms with Crippen molar-refractivity contribution in [2.24, 2.45) is 0 Å². The molecule has 3 rings (SSSR count). The Bertz CT molecular complexity index is 872. The van der Waals surface area contributed by atoms with Crippen LogP contribution in [-0.4, -0.2) is 25.4 Å². The number of aromatic carboxylic acids is 1. The van der Waals surface area contributed by atoms with E-state index in [0.717, 1.165) is 11.0 Å². The first-order valence-corrected chi connectivity index (χ1v) is 6.48. The number of imidazole rings is 1. The highest BCUT2D eigenvalue weighted by atomic mass is 16.5. The van der Waals surface area contributed by atoms with E-state index < -0.39 is 5.97 Å². The first-order valence-electron chi connectivity index (χ1n) is 6.48. The van der Waals surface area contributed by atoms with E-state index >= 15 is 0 Å². The molecule has 0 fully saturated rings. The molecule has 1 N–H and O–H groups in total. The van der Waals surface area contributed by atoms with Crippen molar-refractivity contribution in [1.29, 1.82) is 0 Å². The molecule has 1 aromatic carbocycles. The van der Waals surface area contributed by atoms with E-state index in [9.17, 15) is 9.59 Å². The fraction of sp³-hybridized carbons (Fsp3) is 0.214. The molecular formula is C14H13N3O4. The number of benzene rings is 1. The molecule has 7 nitrogen and oxygen atoms in total. The van der Waals surface area contributed by atoms with Gasteiger partial charge in [0, 0.05) is 12.6 Å². The van der Waals surface area contributed by atoms with Crippen LogP contribution in [-0.2, 0) is 13.1 Å². The Kier molecular flexibility index (Phi) is 3.09. The van der Waals surface area contributed by atoms with Crippen molar-refractivity contribution in [2.75, 3.05) is 0 Å². The number of hydrogen-bond acceptors (Lipinski definition) is 4. The van der Waals surface area contributed by atoms with Crippen LogP contribution in [0.5, 0.6) is 0 Å². The Labute approximate surface area is 119 Å². The molecule has 21 heavy (non-hydrogen) atoms. The number of aromatic nitrogens is 3. The summed E-state index contributed by atoms with van der Waals surface area (Å²) < 4.78 is 8.18. The fourth-order valence-electron chi connectivity index (χ4n) is 2.37. The Hall–Kier alpha value is -2.83. The quantitative estimate of drug-likeness (QED) is 0.786. The topological polar surface area (TPSA) is 90.3 Å². The molecule has 0 aliphatic heterocycles. The van der Waals surface area contributed by atoms with Gasteiger partial charge in [-0.3, -0.25) is 9.13 Å². The highest BCUT2D eigenvalue weighted by Gasteiger charge is 2.15. The molecule has 0 atom stereocenters. The fourth-order valence-corrected chi connectivity index (χ4v) is 2.37. The van der Waals surface area contributed by atoms with Gasteiger partial charge in [-0.05, 0) is 19.1 Å². The highest BCUT2D eigenvalue weighted by molar-refractivity contribution is 5.85. The van der Waals surface area contributed by atoms with Crippen LogP contribution in [0.2, 0.25) is 0 Å². The molecule has 0 radical (unpaired) electrons. The number of aryl methyl sites for hydroxylation is 1. The number of carbonyl (C=O) groups is 1. The van der Waals surface area contributed by atoms with Gasteiger partial charge in [0.1, 0.15) is 0 Å². The van der Waals surface area contributed by atoms with E-state index in [0.29, 0.717) is 12.3 Å². The molecule has 0 aliphatic rings. The monoisotopic (exact) mass is 287 g/mol. The first kappa shape index (κ1) is 13.2. The third-order valence-electron chi connectivity index (χ3n) is 3.33. The summed E-state index contributed by atoms with van der Waals surface area (Å²) in [6.45, 7) is 2.60. The predicted molar refractivity (Wildman–Crippen MR) is 74.4 cm³/mol. The van der Waals surface area contributed by atoms with Crippen molar-refractivity contribution >= 4 is 17.0 Å². The molecule has 2 heterocycles. The van der Waals surface area contributed by atoms with Crippen molar-refractivity contribution in [3.05, 3.63) is 52.3 Å². The molecule has 7 heteroatoms. The van der Waals surface area contributed by atoms with Gasteiger partial charge in [0.25, 0.3) is 0 Å². The maximum atomic E-state index is 12.4. The first-order chi connectivity index (χ1) is 10.1. The summed E-state index contributed by atoms with van der Waals surface area (Å²) in [6.07, 6.45) is 0. The van der Waals surface area contributed by atoms with Gasteiger partial charge >= 0.3 is 11.7 Å². The van der Waals surface area contributed by atoms with Crippen molar-refractivity contribution in [1.82, 2.24) is 14.3 Å². The van der Waals surface area contributed by atoms with E-state index in [4.69, 9.17) is 9.63 Å². The van der Waals surface area contributed by atoms with Gasteiger partial charge in [0.2, 0.25) is 0 Å². The summed E-state index contributed by atoms with van der Waals surface area (Å²) in [4.78, 5) is 23.2. The molecule has 2 aromatic heterocycles. The van der Waals surface area contributed by atoms with Crippen LogP contribution in [0.1, 0.15) is 23.2 Å². The molecule has 0 saturated heterocycles. The van der Waals surface area contributed by atoms with Crippen LogP contribution in [0.3, 0.4) is 0 Å². The second-order valence-corrected chi connectivity index (χ2v) is 4.59. The van der Waals surface area contributed by atoms with Crippen LogP contribution < -0.4 is 5.69 Å². The third-order valence-corrected chi connectivity index (χ3v) is 3.33. The summed E-state index contributed by atoms with van der Waals surface area (Å²) in [5.74, 6) is -0.832. The third kappa shape index (κ3) is 2.12. The van der Waals surface area contributed by atoms with Gasteiger partial charge in [-0.25, -0.2) is 9.59 Å². The maximum absolute atomic E-state index is 12.4. The summed E-state index contributed by atoms with van der Waals surface area (Å²) in [5.41, 5.74) is 1.28. The number of hydrogen-bond donors (Lipinski definition) is 1. The van der Waals surface area contributed by atoms with Gasteiger partial charge in [0.15, 0.2) is 11.5 Å². The van der Waals surface area contributed by atoms with E-state index in [1.165, 1.54) is 6.07 Å². The number of carboxylic acid groups (broad SMARTS) is 1. The van der Waals surface area contributed by atoms with E-state index in [1.54, 1.807) is 9.13 Å². The van der Waals surface area contributed by atoms with Gasteiger partial charge in [-0.15, -0.1) is 0 Å². The van der Waals surface area contributed by atoms with Crippen molar-refractivity contribution < 1.29 is 14.4 Å². The summed E-state index contributed by atoms with van der Waals surface area (Å²) >= 11 is 0. The lowest BCUT2D eigenvalue weighted by Crippen LogP contribution is -2.24. The minimum atomic E-state index is -1.16. The van der Waals surface area contributed by atoms with E-state index in [1.807, 2.05) is 31.2 Å². The predicted octanol–water partition coefficient (Wildman–Crippen LogP) is 1.56. The Morgan fingerprint density at radius 3 is 2.52 bits per heavy atom. The van der Waals surface area contributed by atoms with Crippen molar-refractivity contribution in [3.8, 4) is 0 Å². The lowest BCUT2D eigenvalue weighted by atomic mass is 10.3. The largest absolute Gasteiger partial charge is 0.476 e. The number of carboxylic acids is 1. The van der Waals surface area contributed by atoms with Crippen LogP contribution in [0, 0.1) is 0 Å². The Morgan fingerprint density at radius 1 is 1.29 bits per heavy atom. The molecule has 0 unspecified atom stereocenters.